The SMILES string of the molecule is C#CC(=O)c1cccc2c1CCCN2. The molecule has 0 radical (unpaired) electrons. The van der Waals surface area contributed by atoms with Crippen LogP contribution in [0.2, 0.25) is 0 Å². The van der Waals surface area contributed by atoms with E-state index in [1.54, 1.807) is 6.07 Å². The molecule has 1 N–H and O–H groups in total. The van der Waals surface area contributed by atoms with Gasteiger partial charge in [0.05, 0.1) is 0 Å². The van der Waals surface area contributed by atoms with Crippen molar-refractivity contribution in [3.63, 3.8) is 0 Å². The van der Waals surface area contributed by atoms with Gasteiger partial charge in [0.2, 0.25) is 5.78 Å². The molecule has 2 nitrogen and oxygen atoms in total. The maximum absolute atomic E-state index is 11.4. The highest BCUT2D eigenvalue weighted by Gasteiger charge is 2.15. The Kier molecular flexibility index (Phi) is 2.24. The highest BCUT2D eigenvalue weighted by Crippen LogP contribution is 2.25. The van der Waals surface area contributed by atoms with E-state index >= 15 is 0 Å². The molecule has 0 bridgehead atoms. The van der Waals surface area contributed by atoms with E-state index in [4.69, 9.17) is 6.42 Å². The predicted molar refractivity (Wildman–Crippen MR) is 56.4 cm³/mol. The summed E-state index contributed by atoms with van der Waals surface area (Å²) in [5.74, 6) is 1.95. The Morgan fingerprint density at radius 2 is 2.36 bits per heavy atom. The first-order chi connectivity index (χ1) is 6.83. The molecule has 1 aliphatic heterocycles. The third kappa shape index (κ3) is 1.38. The number of carbonyl (C=O) groups is 1. The van der Waals surface area contributed by atoms with Crippen molar-refractivity contribution in [2.24, 2.45) is 0 Å². The van der Waals surface area contributed by atoms with Gasteiger partial charge in [-0.25, -0.2) is 0 Å². The van der Waals surface area contributed by atoms with Crippen LogP contribution in [0.15, 0.2) is 18.2 Å². The Hall–Kier alpha value is -1.75. The van der Waals surface area contributed by atoms with E-state index < -0.39 is 0 Å². The van der Waals surface area contributed by atoms with Crippen molar-refractivity contribution in [1.29, 1.82) is 0 Å². The quantitative estimate of drug-likeness (QED) is 0.411. The lowest BCUT2D eigenvalue weighted by Gasteiger charge is -2.19. The fourth-order valence-corrected chi connectivity index (χ4v) is 1.80. The summed E-state index contributed by atoms with van der Waals surface area (Å²) in [6, 6.07) is 5.65. The van der Waals surface area contributed by atoms with Gasteiger partial charge in [-0.1, -0.05) is 6.07 Å². The summed E-state index contributed by atoms with van der Waals surface area (Å²) < 4.78 is 0. The predicted octanol–water partition coefficient (Wildman–Crippen LogP) is 1.86. The molecule has 14 heavy (non-hydrogen) atoms. The zero-order valence-corrected chi connectivity index (χ0v) is 7.84. The van der Waals surface area contributed by atoms with Crippen LogP contribution in [0.25, 0.3) is 0 Å². The van der Waals surface area contributed by atoms with Crippen LogP contribution in [-0.2, 0) is 6.42 Å². The van der Waals surface area contributed by atoms with Gasteiger partial charge in [0.25, 0.3) is 0 Å². The van der Waals surface area contributed by atoms with E-state index in [9.17, 15) is 4.79 Å². The molecule has 1 aliphatic rings. The average molecular weight is 185 g/mol. The summed E-state index contributed by atoms with van der Waals surface area (Å²) in [6.45, 7) is 0.973. The van der Waals surface area contributed by atoms with E-state index in [2.05, 4.69) is 11.2 Å². The minimum absolute atomic E-state index is 0.217. The van der Waals surface area contributed by atoms with Crippen LogP contribution >= 0.6 is 0 Å². The third-order valence-corrected chi connectivity index (χ3v) is 2.47. The van der Waals surface area contributed by atoms with E-state index in [1.807, 2.05) is 12.1 Å². The fourth-order valence-electron chi connectivity index (χ4n) is 1.80. The first kappa shape index (κ1) is 8.83. The van der Waals surface area contributed by atoms with Crippen molar-refractivity contribution >= 4 is 11.5 Å². The lowest BCUT2D eigenvalue weighted by Crippen LogP contribution is -2.14. The van der Waals surface area contributed by atoms with Crippen LogP contribution in [0.5, 0.6) is 0 Å². The van der Waals surface area contributed by atoms with Gasteiger partial charge >= 0.3 is 0 Å². The van der Waals surface area contributed by atoms with Gasteiger partial charge in [-0.05, 0) is 36.5 Å². The van der Waals surface area contributed by atoms with Gasteiger partial charge in [-0.3, -0.25) is 4.79 Å². The Labute approximate surface area is 83.3 Å². The van der Waals surface area contributed by atoms with Gasteiger partial charge < -0.3 is 5.32 Å². The minimum Gasteiger partial charge on any atom is -0.385 e. The summed E-state index contributed by atoms with van der Waals surface area (Å²) in [7, 11) is 0. The number of fused-ring (bicyclic) bond motifs is 1. The number of rotatable bonds is 1. The molecule has 1 heterocycles. The Morgan fingerprint density at radius 3 is 3.14 bits per heavy atom. The maximum atomic E-state index is 11.4. The molecule has 0 saturated carbocycles. The second-order valence-corrected chi connectivity index (χ2v) is 3.34. The van der Waals surface area contributed by atoms with Crippen molar-refractivity contribution in [3.8, 4) is 12.3 Å². The standard InChI is InChI=1S/C12H11NO/c1-2-12(14)10-5-3-7-11-9(10)6-4-8-13-11/h1,3,5,7,13H,4,6,8H2. The average Bonchev–Trinajstić information content (AvgIpc) is 2.27. The molecule has 0 fully saturated rings. The van der Waals surface area contributed by atoms with Crippen molar-refractivity contribution in [2.75, 3.05) is 11.9 Å². The van der Waals surface area contributed by atoms with Crippen LogP contribution in [0.1, 0.15) is 22.3 Å². The number of terminal acetylenes is 1. The van der Waals surface area contributed by atoms with Crippen LogP contribution < -0.4 is 5.32 Å². The molecule has 70 valence electrons. The Bertz CT molecular complexity index is 415. The highest BCUT2D eigenvalue weighted by molar-refractivity contribution is 6.10. The summed E-state index contributed by atoms with van der Waals surface area (Å²) in [4.78, 5) is 11.4. The Morgan fingerprint density at radius 1 is 1.50 bits per heavy atom. The summed E-state index contributed by atoms with van der Waals surface area (Å²) >= 11 is 0. The smallest absolute Gasteiger partial charge is 0.235 e. The fraction of sp³-hybridized carbons (Fsp3) is 0.250. The molecular weight excluding hydrogens is 174 g/mol. The summed E-state index contributed by atoms with van der Waals surface area (Å²) in [6.07, 6.45) is 7.11. The van der Waals surface area contributed by atoms with Crippen LogP contribution in [0.3, 0.4) is 0 Å². The molecule has 2 heteroatoms. The van der Waals surface area contributed by atoms with Crippen molar-refractivity contribution < 1.29 is 4.79 Å². The lowest BCUT2D eigenvalue weighted by atomic mass is 9.95. The number of benzene rings is 1. The normalized spacial score (nSPS) is 13.6. The molecule has 0 amide bonds. The molecule has 0 spiro atoms. The first-order valence-electron chi connectivity index (χ1n) is 4.69. The van der Waals surface area contributed by atoms with Crippen LogP contribution in [0.4, 0.5) is 5.69 Å². The molecule has 0 saturated heterocycles. The van der Waals surface area contributed by atoms with E-state index in [0.717, 1.165) is 30.6 Å². The van der Waals surface area contributed by atoms with Gasteiger partial charge in [-0.15, -0.1) is 6.42 Å². The van der Waals surface area contributed by atoms with Crippen LogP contribution in [-0.4, -0.2) is 12.3 Å². The number of anilines is 1. The third-order valence-electron chi connectivity index (χ3n) is 2.47. The van der Waals surface area contributed by atoms with E-state index in [-0.39, 0.29) is 5.78 Å². The molecule has 0 atom stereocenters. The second-order valence-electron chi connectivity index (χ2n) is 3.34. The number of hydrogen-bond acceptors (Lipinski definition) is 2. The zero-order valence-electron chi connectivity index (χ0n) is 7.84. The first-order valence-corrected chi connectivity index (χ1v) is 4.69. The number of hydrogen-bond donors (Lipinski definition) is 1. The minimum atomic E-state index is -0.217. The number of ketones is 1. The Balaban J connectivity index is 2.51. The van der Waals surface area contributed by atoms with E-state index in [0.29, 0.717) is 5.56 Å². The van der Waals surface area contributed by atoms with Gasteiger partial charge in [0.1, 0.15) is 0 Å². The molecular formula is C12H11NO. The van der Waals surface area contributed by atoms with E-state index in [1.165, 1.54) is 0 Å². The largest absolute Gasteiger partial charge is 0.385 e. The van der Waals surface area contributed by atoms with Crippen LogP contribution in [0, 0.1) is 12.3 Å². The topological polar surface area (TPSA) is 29.1 Å². The van der Waals surface area contributed by atoms with Crippen molar-refractivity contribution in [3.05, 3.63) is 29.3 Å². The van der Waals surface area contributed by atoms with Crippen molar-refractivity contribution in [2.45, 2.75) is 12.8 Å². The van der Waals surface area contributed by atoms with Gasteiger partial charge in [0, 0.05) is 17.8 Å². The number of nitrogens with one attached hydrogen (secondary N) is 1. The molecule has 1 aromatic rings. The van der Waals surface area contributed by atoms with Crippen molar-refractivity contribution in [1.82, 2.24) is 0 Å². The van der Waals surface area contributed by atoms with Gasteiger partial charge in [0.15, 0.2) is 0 Å². The summed E-state index contributed by atoms with van der Waals surface area (Å²) in [5, 5.41) is 3.26. The summed E-state index contributed by atoms with van der Waals surface area (Å²) in [5.41, 5.74) is 2.80. The van der Waals surface area contributed by atoms with Gasteiger partial charge in [-0.2, -0.15) is 0 Å². The zero-order chi connectivity index (χ0) is 9.97. The number of carbonyl (C=O) groups excluding carboxylic acids is 1. The molecule has 0 unspecified atom stereocenters. The highest BCUT2D eigenvalue weighted by atomic mass is 16.1. The molecule has 2 rings (SSSR count). The molecule has 0 aliphatic carbocycles. The second kappa shape index (κ2) is 3.55. The monoisotopic (exact) mass is 185 g/mol. The number of Topliss-reactive ketones (excluding diaryl/α,β-unsaturated/α-hetero) is 1. The lowest BCUT2D eigenvalue weighted by molar-refractivity contribution is 0.105. The molecule has 0 aromatic heterocycles. The maximum Gasteiger partial charge on any atom is 0.235 e. The molecule has 1 aromatic carbocycles.